The first kappa shape index (κ1) is 14.1. The number of hydrogen-bond acceptors (Lipinski definition) is 2. The maximum absolute atomic E-state index is 10.6. The van der Waals surface area contributed by atoms with Gasteiger partial charge in [0.1, 0.15) is 0 Å². The van der Waals surface area contributed by atoms with E-state index < -0.39 is 5.60 Å². The lowest BCUT2D eigenvalue weighted by atomic mass is 9.85. The van der Waals surface area contributed by atoms with Crippen LogP contribution < -0.4 is 0 Å². The van der Waals surface area contributed by atoms with Crippen molar-refractivity contribution >= 4 is 23.2 Å². The van der Waals surface area contributed by atoms with E-state index in [2.05, 4.69) is 11.8 Å². The zero-order valence-electron chi connectivity index (χ0n) is 10.6. The summed E-state index contributed by atoms with van der Waals surface area (Å²) in [7, 11) is 0. The molecule has 2 rings (SSSR count). The van der Waals surface area contributed by atoms with Crippen LogP contribution in [0.15, 0.2) is 18.2 Å². The summed E-state index contributed by atoms with van der Waals surface area (Å²) >= 11 is 12.2. The van der Waals surface area contributed by atoms with Crippen molar-refractivity contribution in [2.45, 2.75) is 31.8 Å². The predicted molar refractivity (Wildman–Crippen MR) is 76.5 cm³/mol. The second-order valence-electron chi connectivity index (χ2n) is 5.05. The third-order valence-electron chi connectivity index (χ3n) is 3.79. The maximum atomic E-state index is 10.6. The van der Waals surface area contributed by atoms with E-state index in [-0.39, 0.29) is 0 Å². The lowest BCUT2D eigenvalue weighted by Crippen LogP contribution is -2.45. The highest BCUT2D eigenvalue weighted by molar-refractivity contribution is 6.42. The van der Waals surface area contributed by atoms with Crippen LogP contribution in [0.2, 0.25) is 10.0 Å². The van der Waals surface area contributed by atoms with E-state index in [0.29, 0.717) is 16.5 Å². The Hall–Kier alpha value is -0.280. The van der Waals surface area contributed by atoms with Crippen LogP contribution in [0.5, 0.6) is 0 Å². The van der Waals surface area contributed by atoms with E-state index in [0.717, 1.165) is 38.0 Å². The largest absolute Gasteiger partial charge is 0.389 e. The minimum Gasteiger partial charge on any atom is -0.389 e. The van der Waals surface area contributed by atoms with Gasteiger partial charge in [-0.3, -0.25) is 0 Å². The van der Waals surface area contributed by atoms with E-state index in [1.165, 1.54) is 0 Å². The molecular weight excluding hydrogens is 269 g/mol. The molecular formula is C14H19Cl2NO. The summed E-state index contributed by atoms with van der Waals surface area (Å²) in [5, 5.41) is 11.8. The Bertz CT molecular complexity index is 414. The maximum Gasteiger partial charge on any atom is 0.0712 e. The van der Waals surface area contributed by atoms with Crippen molar-refractivity contribution in [1.82, 2.24) is 4.90 Å². The molecule has 0 unspecified atom stereocenters. The fourth-order valence-electron chi connectivity index (χ4n) is 2.50. The molecule has 0 aromatic heterocycles. The molecule has 1 heterocycles. The molecule has 0 spiro atoms. The number of likely N-dealkylation sites (tertiary alicyclic amines) is 1. The van der Waals surface area contributed by atoms with Gasteiger partial charge in [0.25, 0.3) is 0 Å². The molecule has 18 heavy (non-hydrogen) atoms. The molecule has 1 aromatic rings. The Kier molecular flexibility index (Phi) is 4.54. The van der Waals surface area contributed by atoms with E-state index in [9.17, 15) is 5.11 Å². The molecule has 1 aliphatic heterocycles. The second-order valence-corrected chi connectivity index (χ2v) is 5.83. The van der Waals surface area contributed by atoms with Crippen LogP contribution in [0, 0.1) is 0 Å². The summed E-state index contributed by atoms with van der Waals surface area (Å²) in [5.74, 6) is 0. The number of aliphatic hydroxyl groups is 1. The van der Waals surface area contributed by atoms with E-state index in [1.54, 1.807) is 6.07 Å². The van der Waals surface area contributed by atoms with Crippen molar-refractivity contribution in [3.8, 4) is 0 Å². The minimum atomic E-state index is -0.639. The third-order valence-corrected chi connectivity index (χ3v) is 4.64. The number of hydrogen-bond donors (Lipinski definition) is 1. The topological polar surface area (TPSA) is 23.5 Å². The van der Waals surface area contributed by atoms with Gasteiger partial charge in [0.15, 0.2) is 0 Å². The average Bonchev–Trinajstić information content (AvgIpc) is 2.36. The number of nitrogens with zero attached hydrogens (tertiary/aromatic N) is 1. The molecule has 0 amide bonds. The molecule has 1 fully saturated rings. The van der Waals surface area contributed by atoms with Gasteiger partial charge in [-0.15, -0.1) is 0 Å². The highest BCUT2D eigenvalue weighted by Crippen LogP contribution is 2.32. The first-order chi connectivity index (χ1) is 8.54. The normalized spacial score (nSPS) is 20.0. The first-order valence-electron chi connectivity index (χ1n) is 6.42. The van der Waals surface area contributed by atoms with Crippen LogP contribution in [0.25, 0.3) is 0 Å². The lowest BCUT2D eigenvalue weighted by Gasteiger charge is -2.38. The van der Waals surface area contributed by atoms with Gasteiger partial charge in [-0.1, -0.05) is 42.3 Å². The van der Waals surface area contributed by atoms with Crippen LogP contribution >= 0.6 is 23.2 Å². The summed E-state index contributed by atoms with van der Waals surface area (Å²) in [6, 6.07) is 5.60. The molecule has 1 aromatic carbocycles. The quantitative estimate of drug-likeness (QED) is 0.921. The Morgan fingerprint density at radius 1 is 1.28 bits per heavy atom. The summed E-state index contributed by atoms with van der Waals surface area (Å²) in [5.41, 5.74) is 0.302. The van der Waals surface area contributed by atoms with Gasteiger partial charge in [0, 0.05) is 19.5 Å². The van der Waals surface area contributed by atoms with Crippen molar-refractivity contribution in [3.05, 3.63) is 33.8 Å². The van der Waals surface area contributed by atoms with Gasteiger partial charge >= 0.3 is 0 Å². The standard InChI is InChI=1S/C14H19Cl2NO/c1-2-17-8-6-14(18,7-9-17)10-11-4-3-5-12(15)13(11)16/h3-5,18H,2,6-10H2,1H3. The molecule has 1 N–H and O–H groups in total. The highest BCUT2D eigenvalue weighted by atomic mass is 35.5. The Morgan fingerprint density at radius 3 is 2.56 bits per heavy atom. The molecule has 1 saturated heterocycles. The third kappa shape index (κ3) is 3.18. The van der Waals surface area contributed by atoms with Crippen molar-refractivity contribution < 1.29 is 5.11 Å². The summed E-state index contributed by atoms with van der Waals surface area (Å²) in [6.45, 7) is 5.10. The number of piperidine rings is 1. The predicted octanol–water partition coefficient (Wildman–Crippen LogP) is 3.38. The zero-order chi connectivity index (χ0) is 13.2. The number of rotatable bonds is 3. The summed E-state index contributed by atoms with van der Waals surface area (Å²) in [6.07, 6.45) is 2.18. The molecule has 0 aliphatic carbocycles. The Morgan fingerprint density at radius 2 is 1.94 bits per heavy atom. The van der Waals surface area contributed by atoms with Gasteiger partial charge in [-0.05, 0) is 31.0 Å². The smallest absolute Gasteiger partial charge is 0.0712 e. The van der Waals surface area contributed by atoms with Gasteiger partial charge in [0.2, 0.25) is 0 Å². The fraction of sp³-hybridized carbons (Fsp3) is 0.571. The van der Waals surface area contributed by atoms with Crippen LogP contribution in [0.4, 0.5) is 0 Å². The first-order valence-corrected chi connectivity index (χ1v) is 7.17. The van der Waals surface area contributed by atoms with Crippen molar-refractivity contribution in [3.63, 3.8) is 0 Å². The van der Waals surface area contributed by atoms with Crippen LogP contribution in [-0.4, -0.2) is 35.2 Å². The van der Waals surface area contributed by atoms with Crippen LogP contribution in [0.1, 0.15) is 25.3 Å². The average molecular weight is 288 g/mol. The minimum absolute atomic E-state index is 0.559. The van der Waals surface area contributed by atoms with E-state index in [4.69, 9.17) is 23.2 Å². The van der Waals surface area contributed by atoms with E-state index in [1.807, 2.05) is 12.1 Å². The lowest BCUT2D eigenvalue weighted by molar-refractivity contribution is -0.0193. The van der Waals surface area contributed by atoms with Gasteiger partial charge in [-0.2, -0.15) is 0 Å². The monoisotopic (exact) mass is 287 g/mol. The van der Waals surface area contributed by atoms with Crippen molar-refractivity contribution in [2.24, 2.45) is 0 Å². The molecule has 1 aliphatic rings. The fourth-order valence-corrected chi connectivity index (χ4v) is 2.89. The molecule has 4 heteroatoms. The number of halogens is 2. The van der Waals surface area contributed by atoms with Gasteiger partial charge < -0.3 is 10.0 Å². The van der Waals surface area contributed by atoms with Gasteiger partial charge in [0.05, 0.1) is 15.6 Å². The summed E-state index contributed by atoms with van der Waals surface area (Å²) < 4.78 is 0. The van der Waals surface area contributed by atoms with Crippen molar-refractivity contribution in [1.29, 1.82) is 0 Å². The molecule has 100 valence electrons. The van der Waals surface area contributed by atoms with Crippen molar-refractivity contribution in [2.75, 3.05) is 19.6 Å². The number of benzene rings is 1. The molecule has 0 atom stereocenters. The molecule has 0 bridgehead atoms. The Balaban J connectivity index is 2.07. The molecule has 0 saturated carbocycles. The zero-order valence-corrected chi connectivity index (χ0v) is 12.1. The van der Waals surface area contributed by atoms with E-state index >= 15 is 0 Å². The summed E-state index contributed by atoms with van der Waals surface area (Å²) in [4.78, 5) is 2.36. The van der Waals surface area contributed by atoms with Crippen LogP contribution in [0.3, 0.4) is 0 Å². The molecule has 2 nitrogen and oxygen atoms in total. The SMILES string of the molecule is CCN1CCC(O)(Cc2cccc(Cl)c2Cl)CC1. The Labute approximate surface area is 119 Å². The molecule has 0 radical (unpaired) electrons. The van der Waals surface area contributed by atoms with Gasteiger partial charge in [-0.25, -0.2) is 0 Å². The van der Waals surface area contributed by atoms with Crippen LogP contribution in [-0.2, 0) is 6.42 Å². The second kappa shape index (κ2) is 5.79. The highest BCUT2D eigenvalue weighted by Gasteiger charge is 2.32.